The van der Waals surface area contributed by atoms with Crippen LogP contribution >= 0.6 is 11.6 Å². The Morgan fingerprint density at radius 3 is 2.43 bits per heavy atom. The van der Waals surface area contributed by atoms with Crippen LogP contribution in [-0.2, 0) is 14.3 Å². The highest BCUT2D eigenvalue weighted by Crippen LogP contribution is 2.20. The van der Waals surface area contributed by atoms with Gasteiger partial charge >= 0.3 is 12.1 Å². The molecule has 0 spiro atoms. The Kier molecular flexibility index (Phi) is 6.04. The van der Waals surface area contributed by atoms with Gasteiger partial charge in [0.25, 0.3) is 5.91 Å². The molecule has 0 bridgehead atoms. The van der Waals surface area contributed by atoms with E-state index in [-0.39, 0.29) is 11.6 Å². The molecule has 1 aromatic rings. The number of amides is 2. The molecule has 0 radical (unpaired) electrons. The Labute approximate surface area is 123 Å². The first-order chi connectivity index (χ1) is 9.85. The molecular formula is C12H10ClF2NO5. The number of rotatable bonds is 4. The van der Waals surface area contributed by atoms with E-state index in [0.29, 0.717) is 12.1 Å². The number of hydrogen-bond acceptors (Lipinski definition) is 5. The third-order valence-corrected chi connectivity index (χ3v) is 2.39. The lowest BCUT2D eigenvalue weighted by Crippen LogP contribution is -2.34. The van der Waals surface area contributed by atoms with Crippen LogP contribution in [0.4, 0.5) is 13.6 Å². The average Bonchev–Trinajstić information content (AvgIpc) is 2.40. The van der Waals surface area contributed by atoms with Crippen molar-refractivity contribution in [3.05, 3.63) is 34.4 Å². The van der Waals surface area contributed by atoms with Crippen LogP contribution in [-0.4, -0.2) is 31.2 Å². The van der Waals surface area contributed by atoms with Gasteiger partial charge in [0.2, 0.25) is 0 Å². The minimum Gasteiger partial charge on any atom is -0.452 e. The van der Waals surface area contributed by atoms with E-state index < -0.39 is 41.8 Å². The van der Waals surface area contributed by atoms with Crippen molar-refractivity contribution in [2.24, 2.45) is 0 Å². The molecule has 6 nitrogen and oxygen atoms in total. The lowest BCUT2D eigenvalue weighted by Gasteiger charge is -2.07. The van der Waals surface area contributed by atoms with E-state index >= 15 is 0 Å². The van der Waals surface area contributed by atoms with Crippen molar-refractivity contribution in [1.82, 2.24) is 5.32 Å². The lowest BCUT2D eigenvalue weighted by atomic mass is 10.2. The molecule has 0 unspecified atom stereocenters. The summed E-state index contributed by atoms with van der Waals surface area (Å²) in [6, 6.07) is 1.15. The van der Waals surface area contributed by atoms with E-state index in [4.69, 9.17) is 11.6 Å². The number of hydrogen-bond donors (Lipinski definition) is 1. The second-order valence-electron chi connectivity index (χ2n) is 3.59. The molecular weight excluding hydrogens is 312 g/mol. The van der Waals surface area contributed by atoms with Gasteiger partial charge in [-0.05, 0) is 19.1 Å². The second kappa shape index (κ2) is 7.53. The first-order valence-electron chi connectivity index (χ1n) is 5.63. The van der Waals surface area contributed by atoms with Crippen LogP contribution in [0.2, 0.25) is 5.02 Å². The lowest BCUT2D eigenvalue weighted by molar-refractivity contribution is -0.123. The molecule has 2 amide bonds. The predicted molar refractivity (Wildman–Crippen MR) is 66.8 cm³/mol. The van der Waals surface area contributed by atoms with Gasteiger partial charge in [-0.15, -0.1) is 0 Å². The van der Waals surface area contributed by atoms with Gasteiger partial charge in [-0.3, -0.25) is 10.1 Å². The molecule has 0 aromatic heterocycles. The van der Waals surface area contributed by atoms with Crippen LogP contribution < -0.4 is 5.32 Å². The molecule has 1 aromatic carbocycles. The van der Waals surface area contributed by atoms with E-state index in [0.717, 1.165) is 0 Å². The zero-order valence-corrected chi connectivity index (χ0v) is 11.5. The van der Waals surface area contributed by atoms with Crippen LogP contribution in [0, 0.1) is 11.6 Å². The van der Waals surface area contributed by atoms with Crippen molar-refractivity contribution in [2.75, 3.05) is 13.2 Å². The molecule has 9 heteroatoms. The normalized spacial score (nSPS) is 9.90. The van der Waals surface area contributed by atoms with E-state index in [1.807, 2.05) is 0 Å². The molecule has 1 rings (SSSR count). The number of carbonyl (C=O) groups is 3. The maximum absolute atomic E-state index is 13.0. The van der Waals surface area contributed by atoms with E-state index in [9.17, 15) is 23.2 Å². The summed E-state index contributed by atoms with van der Waals surface area (Å²) in [5.41, 5.74) is -0.445. The first kappa shape index (κ1) is 16.8. The third-order valence-electron chi connectivity index (χ3n) is 2.08. The van der Waals surface area contributed by atoms with Crippen molar-refractivity contribution in [1.29, 1.82) is 0 Å². The van der Waals surface area contributed by atoms with Crippen molar-refractivity contribution < 1.29 is 32.6 Å². The highest BCUT2D eigenvalue weighted by atomic mass is 35.5. The molecule has 0 aliphatic carbocycles. The van der Waals surface area contributed by atoms with Crippen molar-refractivity contribution >= 4 is 29.6 Å². The van der Waals surface area contributed by atoms with Crippen LogP contribution in [0.3, 0.4) is 0 Å². The number of carbonyl (C=O) groups excluding carboxylic acids is 3. The maximum Gasteiger partial charge on any atom is 0.413 e. The van der Waals surface area contributed by atoms with Crippen LogP contribution in [0.15, 0.2) is 12.1 Å². The molecule has 0 saturated heterocycles. The van der Waals surface area contributed by atoms with Gasteiger partial charge in [-0.1, -0.05) is 11.6 Å². The Hall–Kier alpha value is -2.22. The summed E-state index contributed by atoms with van der Waals surface area (Å²) >= 11 is 5.56. The molecule has 0 aliphatic heterocycles. The van der Waals surface area contributed by atoms with Gasteiger partial charge in [0.15, 0.2) is 18.2 Å². The number of alkyl carbamates (subject to hydrolysis) is 1. The summed E-state index contributed by atoms with van der Waals surface area (Å²) in [4.78, 5) is 33.7. The highest BCUT2D eigenvalue weighted by Gasteiger charge is 2.18. The topological polar surface area (TPSA) is 81.7 Å². The SMILES string of the molecule is CCOC(=O)NC(=O)COC(=O)c1cc(F)c(F)cc1Cl. The summed E-state index contributed by atoms with van der Waals surface area (Å²) < 4.78 is 34.8. The number of imide groups is 1. The van der Waals surface area contributed by atoms with E-state index in [1.54, 1.807) is 5.32 Å². The molecule has 21 heavy (non-hydrogen) atoms. The molecule has 0 heterocycles. The fourth-order valence-electron chi connectivity index (χ4n) is 1.20. The summed E-state index contributed by atoms with van der Waals surface area (Å²) in [6.45, 7) is 0.783. The molecule has 0 fully saturated rings. The average molecular weight is 322 g/mol. The van der Waals surface area contributed by atoms with Gasteiger partial charge < -0.3 is 9.47 Å². The largest absolute Gasteiger partial charge is 0.452 e. The van der Waals surface area contributed by atoms with Gasteiger partial charge in [0.1, 0.15) is 0 Å². The number of nitrogens with one attached hydrogen (secondary N) is 1. The summed E-state index contributed by atoms with van der Waals surface area (Å²) in [5.74, 6) is -4.60. The summed E-state index contributed by atoms with van der Waals surface area (Å²) in [7, 11) is 0. The summed E-state index contributed by atoms with van der Waals surface area (Å²) in [5, 5.41) is 1.41. The Morgan fingerprint density at radius 1 is 1.19 bits per heavy atom. The maximum atomic E-state index is 13.0. The quantitative estimate of drug-likeness (QED) is 0.678. The minimum atomic E-state index is -1.29. The van der Waals surface area contributed by atoms with Crippen molar-refractivity contribution in [3.63, 3.8) is 0 Å². The first-order valence-corrected chi connectivity index (χ1v) is 6.01. The number of ether oxygens (including phenoxy) is 2. The number of halogens is 3. The van der Waals surface area contributed by atoms with Crippen LogP contribution in [0.5, 0.6) is 0 Å². The van der Waals surface area contributed by atoms with E-state index in [2.05, 4.69) is 9.47 Å². The molecule has 114 valence electrons. The van der Waals surface area contributed by atoms with Crippen LogP contribution in [0.1, 0.15) is 17.3 Å². The minimum absolute atomic E-state index is 0.0589. The predicted octanol–water partition coefficient (Wildman–Crippen LogP) is 2.05. The zero-order chi connectivity index (χ0) is 16.0. The number of esters is 1. The summed E-state index contributed by atoms with van der Waals surface area (Å²) in [6.07, 6.45) is -0.996. The molecule has 0 aliphatic rings. The molecule has 0 atom stereocenters. The van der Waals surface area contributed by atoms with Crippen molar-refractivity contribution in [2.45, 2.75) is 6.92 Å². The van der Waals surface area contributed by atoms with E-state index in [1.165, 1.54) is 6.92 Å². The van der Waals surface area contributed by atoms with Gasteiger partial charge in [-0.2, -0.15) is 0 Å². The monoisotopic (exact) mass is 321 g/mol. The van der Waals surface area contributed by atoms with Gasteiger partial charge in [0, 0.05) is 0 Å². The zero-order valence-electron chi connectivity index (χ0n) is 10.7. The second-order valence-corrected chi connectivity index (χ2v) is 4.00. The number of benzene rings is 1. The molecule has 1 N–H and O–H groups in total. The third kappa shape index (κ3) is 4.99. The van der Waals surface area contributed by atoms with Gasteiger partial charge in [-0.25, -0.2) is 18.4 Å². The fourth-order valence-corrected chi connectivity index (χ4v) is 1.43. The Balaban J connectivity index is 2.60. The van der Waals surface area contributed by atoms with Crippen molar-refractivity contribution in [3.8, 4) is 0 Å². The van der Waals surface area contributed by atoms with Gasteiger partial charge in [0.05, 0.1) is 17.2 Å². The standard InChI is InChI=1S/C12H10ClF2NO5/c1-2-20-12(19)16-10(17)5-21-11(18)6-3-8(14)9(15)4-7(6)13/h3-4H,2,5H2,1H3,(H,16,17,19). The molecule has 0 saturated carbocycles. The fraction of sp³-hybridized carbons (Fsp3) is 0.250. The van der Waals surface area contributed by atoms with Crippen LogP contribution in [0.25, 0.3) is 0 Å². The highest BCUT2D eigenvalue weighted by molar-refractivity contribution is 6.33. The Morgan fingerprint density at radius 2 is 1.81 bits per heavy atom. The Bertz CT molecular complexity index is 579. The smallest absolute Gasteiger partial charge is 0.413 e.